The van der Waals surface area contributed by atoms with Crippen molar-refractivity contribution in [3.05, 3.63) is 59.2 Å². The molecule has 1 heterocycles. The zero-order valence-electron chi connectivity index (χ0n) is 9.15. The lowest BCUT2D eigenvalue weighted by molar-refractivity contribution is 0.912. The highest BCUT2D eigenvalue weighted by molar-refractivity contribution is 6.16. The minimum Gasteiger partial charge on any atom is -0.238 e. The zero-order valence-corrected chi connectivity index (χ0v) is 9.91. The van der Waals surface area contributed by atoms with E-state index in [1.165, 1.54) is 5.56 Å². The third-order valence-electron chi connectivity index (χ3n) is 2.30. The van der Waals surface area contributed by atoms with Crippen LogP contribution in [0.5, 0.6) is 0 Å². The van der Waals surface area contributed by atoms with E-state index in [0.717, 1.165) is 23.6 Å². The fraction of sp³-hybridized carbons (Fsp3) is 0.231. The highest BCUT2D eigenvalue weighted by Gasteiger charge is 2.02. The van der Waals surface area contributed by atoms with Gasteiger partial charge >= 0.3 is 0 Å². The number of aromatic nitrogens is 2. The minimum absolute atomic E-state index is 0.436. The fourth-order valence-corrected chi connectivity index (χ4v) is 1.76. The Balaban J connectivity index is 2.24. The Bertz CT molecular complexity index is 469. The molecular formula is C13H13ClN2. The second-order valence-electron chi connectivity index (χ2n) is 3.71. The molecule has 0 unspecified atom stereocenters. The molecule has 2 aromatic rings. The Labute approximate surface area is 100 Å². The average Bonchev–Trinajstić information content (AvgIpc) is 2.29. The third-order valence-corrected chi connectivity index (χ3v) is 2.57. The van der Waals surface area contributed by atoms with Crippen molar-refractivity contribution < 1.29 is 0 Å². The van der Waals surface area contributed by atoms with Gasteiger partial charge in [0.2, 0.25) is 0 Å². The van der Waals surface area contributed by atoms with Crippen LogP contribution >= 0.6 is 11.6 Å². The van der Waals surface area contributed by atoms with Crippen LogP contribution in [-0.2, 0) is 12.3 Å². The van der Waals surface area contributed by atoms with Gasteiger partial charge in [-0.3, -0.25) is 0 Å². The summed E-state index contributed by atoms with van der Waals surface area (Å²) in [6.45, 7) is 1.96. The molecule has 82 valence electrons. The fourth-order valence-electron chi connectivity index (χ4n) is 1.63. The average molecular weight is 233 g/mol. The van der Waals surface area contributed by atoms with E-state index in [0.29, 0.717) is 5.88 Å². The van der Waals surface area contributed by atoms with Gasteiger partial charge in [0.15, 0.2) is 0 Å². The minimum atomic E-state index is 0.436. The maximum atomic E-state index is 5.78. The number of alkyl halides is 1. The van der Waals surface area contributed by atoms with Gasteiger partial charge in [0.25, 0.3) is 0 Å². The van der Waals surface area contributed by atoms with Crippen molar-refractivity contribution >= 4 is 11.6 Å². The highest BCUT2D eigenvalue weighted by Crippen LogP contribution is 2.08. The number of benzene rings is 1. The van der Waals surface area contributed by atoms with Gasteiger partial charge in [0, 0.05) is 12.1 Å². The normalized spacial score (nSPS) is 10.4. The van der Waals surface area contributed by atoms with E-state index in [4.69, 9.17) is 11.6 Å². The van der Waals surface area contributed by atoms with Gasteiger partial charge in [0.1, 0.15) is 5.82 Å². The van der Waals surface area contributed by atoms with E-state index >= 15 is 0 Å². The van der Waals surface area contributed by atoms with Crippen LogP contribution < -0.4 is 0 Å². The lowest BCUT2D eigenvalue weighted by atomic mass is 10.1. The molecule has 1 aromatic carbocycles. The summed E-state index contributed by atoms with van der Waals surface area (Å²) in [6, 6.07) is 12.1. The molecule has 0 aliphatic carbocycles. The number of aryl methyl sites for hydroxylation is 1. The van der Waals surface area contributed by atoms with Gasteiger partial charge < -0.3 is 0 Å². The van der Waals surface area contributed by atoms with Crippen LogP contribution in [0.25, 0.3) is 0 Å². The molecule has 16 heavy (non-hydrogen) atoms. The number of halogens is 1. The smallest absolute Gasteiger partial charge is 0.133 e. The first-order valence-electron chi connectivity index (χ1n) is 5.21. The summed E-state index contributed by atoms with van der Waals surface area (Å²) in [7, 11) is 0. The largest absolute Gasteiger partial charge is 0.238 e. The second kappa shape index (κ2) is 5.08. The molecule has 0 saturated carbocycles. The van der Waals surface area contributed by atoms with Crippen LogP contribution in [0.4, 0.5) is 0 Å². The lowest BCUT2D eigenvalue weighted by Crippen LogP contribution is -2.01. The van der Waals surface area contributed by atoms with E-state index in [1.54, 1.807) is 0 Å². The van der Waals surface area contributed by atoms with E-state index in [-0.39, 0.29) is 0 Å². The zero-order chi connectivity index (χ0) is 11.4. The first kappa shape index (κ1) is 11.1. The Morgan fingerprint density at radius 2 is 1.88 bits per heavy atom. The second-order valence-corrected chi connectivity index (χ2v) is 3.98. The molecule has 0 N–H and O–H groups in total. The van der Waals surface area contributed by atoms with Gasteiger partial charge in [-0.1, -0.05) is 30.3 Å². The SMILES string of the molecule is Cc1cc(CCl)nc(Cc2ccccc2)n1. The number of nitrogens with zero attached hydrogens (tertiary/aromatic N) is 2. The van der Waals surface area contributed by atoms with E-state index in [2.05, 4.69) is 22.1 Å². The Kier molecular flexibility index (Phi) is 3.52. The molecule has 2 rings (SSSR count). The van der Waals surface area contributed by atoms with Crippen molar-refractivity contribution in [1.29, 1.82) is 0 Å². The van der Waals surface area contributed by atoms with Crippen molar-refractivity contribution in [2.75, 3.05) is 0 Å². The predicted molar refractivity (Wildman–Crippen MR) is 65.6 cm³/mol. The van der Waals surface area contributed by atoms with Crippen molar-refractivity contribution in [1.82, 2.24) is 9.97 Å². The summed E-state index contributed by atoms with van der Waals surface area (Å²) >= 11 is 5.78. The molecule has 0 radical (unpaired) electrons. The Morgan fingerprint density at radius 1 is 1.12 bits per heavy atom. The molecule has 0 saturated heterocycles. The first-order chi connectivity index (χ1) is 7.78. The van der Waals surface area contributed by atoms with Crippen LogP contribution in [0, 0.1) is 6.92 Å². The van der Waals surface area contributed by atoms with Crippen LogP contribution in [0.2, 0.25) is 0 Å². The van der Waals surface area contributed by atoms with E-state index < -0.39 is 0 Å². The first-order valence-corrected chi connectivity index (χ1v) is 5.74. The van der Waals surface area contributed by atoms with Crippen LogP contribution in [0.3, 0.4) is 0 Å². The quantitative estimate of drug-likeness (QED) is 0.760. The Morgan fingerprint density at radius 3 is 2.56 bits per heavy atom. The highest BCUT2D eigenvalue weighted by atomic mass is 35.5. The molecule has 0 spiro atoms. The summed E-state index contributed by atoms with van der Waals surface area (Å²) in [5.41, 5.74) is 3.07. The Hall–Kier alpha value is -1.41. The summed E-state index contributed by atoms with van der Waals surface area (Å²) in [4.78, 5) is 8.81. The molecule has 0 aliphatic rings. The third kappa shape index (κ3) is 2.80. The lowest BCUT2D eigenvalue weighted by Gasteiger charge is -2.04. The molecule has 3 heteroatoms. The van der Waals surface area contributed by atoms with E-state index in [9.17, 15) is 0 Å². The maximum Gasteiger partial charge on any atom is 0.133 e. The summed E-state index contributed by atoms with van der Waals surface area (Å²) < 4.78 is 0. The number of hydrogen-bond acceptors (Lipinski definition) is 2. The standard InChI is InChI=1S/C13H13ClN2/c1-10-7-12(9-14)16-13(15-10)8-11-5-3-2-4-6-11/h2-7H,8-9H2,1H3. The summed E-state index contributed by atoms with van der Waals surface area (Å²) in [5, 5.41) is 0. The van der Waals surface area contributed by atoms with Gasteiger partial charge in [-0.05, 0) is 18.6 Å². The molecular weight excluding hydrogens is 220 g/mol. The van der Waals surface area contributed by atoms with Gasteiger partial charge in [-0.15, -0.1) is 11.6 Å². The molecule has 2 nitrogen and oxygen atoms in total. The molecule has 1 aromatic heterocycles. The van der Waals surface area contributed by atoms with Crippen LogP contribution in [0.1, 0.15) is 22.8 Å². The van der Waals surface area contributed by atoms with Gasteiger partial charge in [-0.2, -0.15) is 0 Å². The topological polar surface area (TPSA) is 25.8 Å². The summed E-state index contributed by atoms with van der Waals surface area (Å²) in [6.07, 6.45) is 0.756. The predicted octanol–water partition coefficient (Wildman–Crippen LogP) is 3.11. The van der Waals surface area contributed by atoms with Crippen molar-refractivity contribution in [2.24, 2.45) is 0 Å². The van der Waals surface area contributed by atoms with Crippen molar-refractivity contribution in [3.63, 3.8) is 0 Å². The molecule has 0 aliphatic heterocycles. The monoisotopic (exact) mass is 232 g/mol. The molecule has 0 amide bonds. The molecule has 0 fully saturated rings. The molecule has 0 atom stereocenters. The number of rotatable bonds is 3. The maximum absolute atomic E-state index is 5.78. The van der Waals surface area contributed by atoms with Gasteiger partial charge in [-0.25, -0.2) is 9.97 Å². The van der Waals surface area contributed by atoms with Gasteiger partial charge in [0.05, 0.1) is 11.6 Å². The molecule has 0 bridgehead atoms. The number of hydrogen-bond donors (Lipinski definition) is 0. The van der Waals surface area contributed by atoms with Crippen molar-refractivity contribution in [3.8, 4) is 0 Å². The van der Waals surface area contributed by atoms with Crippen LogP contribution in [-0.4, -0.2) is 9.97 Å². The van der Waals surface area contributed by atoms with Crippen molar-refractivity contribution in [2.45, 2.75) is 19.2 Å². The van der Waals surface area contributed by atoms with E-state index in [1.807, 2.05) is 31.2 Å². The van der Waals surface area contributed by atoms with Crippen LogP contribution in [0.15, 0.2) is 36.4 Å². The summed E-state index contributed by atoms with van der Waals surface area (Å²) in [5.74, 6) is 1.27.